The van der Waals surface area contributed by atoms with Gasteiger partial charge in [0.25, 0.3) is 0 Å². The molecule has 3 heterocycles. The van der Waals surface area contributed by atoms with Crippen LogP contribution in [-0.2, 0) is 11.2 Å². The number of halogens is 2. The molecular weight excluding hydrogens is 437 g/mol. The van der Waals surface area contributed by atoms with Crippen LogP contribution in [0.15, 0.2) is 42.6 Å². The van der Waals surface area contributed by atoms with Gasteiger partial charge in [-0.05, 0) is 24.1 Å². The minimum absolute atomic E-state index is 0.0190. The number of nitrogens with two attached hydrogens (primary N) is 1. The Morgan fingerprint density at radius 1 is 1.16 bits per heavy atom. The molecule has 2 aromatic carbocycles. The number of fused-ring (bicyclic) bond motifs is 1. The summed E-state index contributed by atoms with van der Waals surface area (Å²) in [5, 5.41) is 9.12. The molecule has 0 amide bonds. The van der Waals surface area contributed by atoms with Crippen LogP contribution < -0.4 is 10.6 Å². The van der Waals surface area contributed by atoms with Crippen molar-refractivity contribution >= 4 is 46.0 Å². The largest absolute Gasteiger partial charge is 0.377 e. The lowest BCUT2D eigenvalue weighted by Gasteiger charge is -2.36. The van der Waals surface area contributed by atoms with Gasteiger partial charge in [0.1, 0.15) is 0 Å². The third-order valence-electron chi connectivity index (χ3n) is 5.31. The lowest BCUT2D eigenvalue weighted by Crippen LogP contribution is -2.47. The monoisotopic (exact) mass is 455 g/mol. The van der Waals surface area contributed by atoms with Gasteiger partial charge >= 0.3 is 0 Å². The number of rotatable bonds is 4. The van der Waals surface area contributed by atoms with Crippen LogP contribution in [-0.4, -0.2) is 50.9 Å². The van der Waals surface area contributed by atoms with E-state index < -0.39 is 0 Å². The molecule has 4 aromatic rings. The highest BCUT2D eigenvalue weighted by molar-refractivity contribution is 6.42. The summed E-state index contributed by atoms with van der Waals surface area (Å²) < 4.78 is 5.73. The zero-order valence-electron chi connectivity index (χ0n) is 16.4. The van der Waals surface area contributed by atoms with Gasteiger partial charge in [0.15, 0.2) is 5.82 Å². The maximum Gasteiger partial charge on any atom is 0.231 e. The molecule has 1 fully saturated rings. The molecule has 8 nitrogen and oxygen atoms in total. The molecule has 0 bridgehead atoms. The first kappa shape index (κ1) is 20.0. The molecule has 5 rings (SSSR count). The molecule has 1 saturated heterocycles. The topological polar surface area (TPSA) is 106 Å². The van der Waals surface area contributed by atoms with Crippen molar-refractivity contribution in [2.75, 3.05) is 30.4 Å². The van der Waals surface area contributed by atoms with Crippen molar-refractivity contribution < 1.29 is 4.74 Å². The van der Waals surface area contributed by atoms with E-state index in [2.05, 4.69) is 25.1 Å². The van der Waals surface area contributed by atoms with Crippen molar-refractivity contribution in [3.05, 3.63) is 58.2 Å². The average Bonchev–Trinajstić information content (AvgIpc) is 3.25. The summed E-state index contributed by atoms with van der Waals surface area (Å²) in [4.78, 5) is 15.6. The fraction of sp³-hybridized carbons (Fsp3) is 0.238. The summed E-state index contributed by atoms with van der Waals surface area (Å²) in [7, 11) is 0. The van der Waals surface area contributed by atoms with Gasteiger partial charge in [0, 0.05) is 17.5 Å². The molecule has 31 heavy (non-hydrogen) atoms. The summed E-state index contributed by atoms with van der Waals surface area (Å²) in [6, 6.07) is 11.5. The second-order valence-corrected chi connectivity index (χ2v) is 8.11. The van der Waals surface area contributed by atoms with Crippen LogP contribution in [0.5, 0.6) is 0 Å². The number of H-pyrrole nitrogens is 1. The van der Waals surface area contributed by atoms with E-state index in [1.165, 1.54) is 0 Å². The van der Waals surface area contributed by atoms with E-state index in [-0.39, 0.29) is 12.0 Å². The number of ether oxygens (including phenoxy) is 1. The van der Waals surface area contributed by atoms with E-state index in [4.69, 9.17) is 38.7 Å². The minimum Gasteiger partial charge on any atom is -0.377 e. The molecule has 1 atom stereocenters. The quantitative estimate of drug-likeness (QED) is 0.482. The Hall–Kier alpha value is -2.94. The highest BCUT2D eigenvalue weighted by Gasteiger charge is 2.27. The number of morpholine rings is 1. The number of aromatic amines is 1. The number of nitrogens with one attached hydrogen (secondary N) is 1. The van der Waals surface area contributed by atoms with Crippen molar-refractivity contribution in [3.63, 3.8) is 0 Å². The van der Waals surface area contributed by atoms with E-state index >= 15 is 0 Å². The predicted molar refractivity (Wildman–Crippen MR) is 121 cm³/mol. The van der Waals surface area contributed by atoms with E-state index in [1.807, 2.05) is 30.3 Å². The average molecular weight is 456 g/mol. The first-order chi connectivity index (χ1) is 15.1. The van der Waals surface area contributed by atoms with Gasteiger partial charge in [-0.25, -0.2) is 0 Å². The molecular formula is C21H19Cl2N7O. The molecule has 158 valence electrons. The molecule has 0 aliphatic carbocycles. The van der Waals surface area contributed by atoms with E-state index in [9.17, 15) is 0 Å². The van der Waals surface area contributed by atoms with Gasteiger partial charge in [-0.2, -0.15) is 20.1 Å². The molecule has 2 aromatic heterocycles. The van der Waals surface area contributed by atoms with Crippen LogP contribution in [0.3, 0.4) is 0 Å². The van der Waals surface area contributed by atoms with Gasteiger partial charge in [0.05, 0.1) is 41.0 Å². The van der Waals surface area contributed by atoms with E-state index in [0.717, 1.165) is 22.0 Å². The van der Waals surface area contributed by atoms with Crippen molar-refractivity contribution in [3.8, 4) is 11.4 Å². The number of aromatic nitrogens is 5. The second-order valence-electron chi connectivity index (χ2n) is 7.33. The maximum atomic E-state index is 6.41. The van der Waals surface area contributed by atoms with Crippen LogP contribution in [0.4, 0.5) is 11.9 Å². The number of hydrogen-bond acceptors (Lipinski definition) is 7. The third kappa shape index (κ3) is 4.01. The molecule has 0 radical (unpaired) electrons. The summed E-state index contributed by atoms with van der Waals surface area (Å²) in [5.74, 6) is 1.18. The zero-order valence-corrected chi connectivity index (χ0v) is 17.9. The van der Waals surface area contributed by atoms with Crippen LogP contribution in [0.25, 0.3) is 22.3 Å². The van der Waals surface area contributed by atoms with Gasteiger partial charge in [-0.15, -0.1) is 0 Å². The van der Waals surface area contributed by atoms with Gasteiger partial charge in [-0.3, -0.25) is 5.10 Å². The summed E-state index contributed by atoms with van der Waals surface area (Å²) >= 11 is 12.6. The Morgan fingerprint density at radius 2 is 2.06 bits per heavy atom. The standard InChI is InChI=1S/C21H19Cl2N7O/c22-16-3-1-2-12(18(16)23)8-15-11-31-7-6-30(15)21-27-19(26-20(24)28-21)13-4-5-14-10-25-29-17(14)9-13/h1-5,9-10,15H,6-8,11H2,(H,25,29)(H2,24,26,27,28). The van der Waals surface area contributed by atoms with Crippen LogP contribution in [0, 0.1) is 0 Å². The number of nitrogens with zero attached hydrogens (tertiary/aromatic N) is 5. The summed E-state index contributed by atoms with van der Waals surface area (Å²) in [5.41, 5.74) is 8.73. The van der Waals surface area contributed by atoms with E-state index in [1.54, 1.807) is 12.3 Å². The Labute approximate surface area is 188 Å². The van der Waals surface area contributed by atoms with Crippen molar-refractivity contribution in [2.45, 2.75) is 12.5 Å². The fourth-order valence-electron chi connectivity index (χ4n) is 3.76. The highest BCUT2D eigenvalue weighted by Crippen LogP contribution is 2.29. The van der Waals surface area contributed by atoms with Gasteiger partial charge < -0.3 is 15.4 Å². The van der Waals surface area contributed by atoms with Crippen molar-refractivity contribution in [1.29, 1.82) is 0 Å². The van der Waals surface area contributed by atoms with Crippen LogP contribution in [0.1, 0.15) is 5.56 Å². The molecule has 0 spiro atoms. The number of benzene rings is 2. The lowest BCUT2D eigenvalue weighted by molar-refractivity contribution is 0.0932. The van der Waals surface area contributed by atoms with Crippen molar-refractivity contribution in [1.82, 2.24) is 25.1 Å². The first-order valence-electron chi connectivity index (χ1n) is 9.81. The number of anilines is 2. The first-order valence-corrected chi connectivity index (χ1v) is 10.6. The van der Waals surface area contributed by atoms with Crippen LogP contribution >= 0.6 is 23.2 Å². The Balaban J connectivity index is 1.49. The second kappa shape index (κ2) is 8.30. The fourth-order valence-corrected chi connectivity index (χ4v) is 4.16. The Morgan fingerprint density at radius 3 is 2.97 bits per heavy atom. The van der Waals surface area contributed by atoms with Gasteiger partial charge in [0.2, 0.25) is 11.9 Å². The van der Waals surface area contributed by atoms with Gasteiger partial charge in [-0.1, -0.05) is 47.5 Å². The third-order valence-corrected chi connectivity index (χ3v) is 6.17. The summed E-state index contributed by atoms with van der Waals surface area (Å²) in [6.07, 6.45) is 2.41. The minimum atomic E-state index is -0.0190. The molecule has 1 aliphatic heterocycles. The molecule has 1 aliphatic rings. The molecule has 3 N–H and O–H groups in total. The number of nitrogen functional groups attached to an aromatic ring is 1. The smallest absolute Gasteiger partial charge is 0.231 e. The van der Waals surface area contributed by atoms with Crippen LogP contribution in [0.2, 0.25) is 10.0 Å². The normalized spacial score (nSPS) is 16.7. The lowest BCUT2D eigenvalue weighted by atomic mass is 10.0. The zero-order chi connectivity index (χ0) is 21.4. The molecule has 1 unspecified atom stereocenters. The Bertz CT molecular complexity index is 1250. The highest BCUT2D eigenvalue weighted by atomic mass is 35.5. The number of hydrogen-bond donors (Lipinski definition) is 2. The predicted octanol–water partition coefficient (Wildman–Crippen LogP) is 3.75. The Kier molecular flexibility index (Phi) is 5.35. The van der Waals surface area contributed by atoms with Crippen molar-refractivity contribution in [2.24, 2.45) is 0 Å². The SMILES string of the molecule is Nc1nc(-c2ccc3cn[nH]c3c2)nc(N2CCOCC2Cc2cccc(Cl)c2Cl)n1. The molecule has 0 saturated carbocycles. The molecule has 10 heteroatoms. The van der Waals surface area contributed by atoms with E-state index in [0.29, 0.717) is 48.0 Å². The maximum absolute atomic E-state index is 6.41. The summed E-state index contributed by atoms with van der Waals surface area (Å²) in [6.45, 7) is 1.72.